The van der Waals surface area contributed by atoms with E-state index in [1.807, 2.05) is 18.3 Å². The number of guanidine groups is 1. The molecule has 1 aliphatic heterocycles. The van der Waals surface area contributed by atoms with E-state index in [2.05, 4.69) is 32.4 Å². The maximum absolute atomic E-state index is 13.0. The molecule has 2 heterocycles. The highest BCUT2D eigenvalue weighted by Gasteiger charge is 2.20. The van der Waals surface area contributed by atoms with E-state index in [9.17, 15) is 4.39 Å². The summed E-state index contributed by atoms with van der Waals surface area (Å²) >= 11 is 1.70. The highest BCUT2D eigenvalue weighted by molar-refractivity contribution is 7.11. The highest BCUT2D eigenvalue weighted by Crippen LogP contribution is 2.15. The van der Waals surface area contributed by atoms with Gasteiger partial charge in [0.1, 0.15) is 10.8 Å². The van der Waals surface area contributed by atoms with Crippen molar-refractivity contribution in [3.05, 3.63) is 51.7 Å². The van der Waals surface area contributed by atoms with Gasteiger partial charge in [0.15, 0.2) is 5.96 Å². The minimum Gasteiger partial charge on any atom is -0.354 e. The van der Waals surface area contributed by atoms with Crippen molar-refractivity contribution in [3.8, 4) is 0 Å². The monoisotopic (exact) mass is 375 g/mol. The van der Waals surface area contributed by atoms with E-state index in [4.69, 9.17) is 0 Å². The number of aryl methyl sites for hydroxylation is 1. The molecule has 2 N–H and O–H groups in total. The molecule has 1 fully saturated rings. The Morgan fingerprint density at radius 3 is 2.65 bits per heavy atom. The van der Waals surface area contributed by atoms with Crippen molar-refractivity contribution in [1.82, 2.24) is 20.5 Å². The van der Waals surface area contributed by atoms with Crippen LogP contribution in [0.2, 0.25) is 0 Å². The van der Waals surface area contributed by atoms with Gasteiger partial charge in [-0.15, -0.1) is 11.3 Å². The standard InChI is InChI=1S/C19H26FN5S/c1-14-11-22-18(26-14)12-23-19(21-2)24-17-7-9-25(10-8-17)13-15-3-5-16(20)6-4-15/h3-6,11,17H,7-10,12-13H2,1-2H3,(H2,21,23,24). The SMILES string of the molecule is CN=C(NCc1ncc(C)s1)NC1CCN(Cc2ccc(F)cc2)CC1. The fraction of sp³-hybridized carbons (Fsp3) is 0.474. The van der Waals surface area contributed by atoms with Crippen LogP contribution in [0.1, 0.15) is 28.3 Å². The number of benzene rings is 1. The molecule has 0 atom stereocenters. The summed E-state index contributed by atoms with van der Waals surface area (Å²) in [4.78, 5) is 12.3. The molecule has 140 valence electrons. The number of hydrogen-bond donors (Lipinski definition) is 2. The number of hydrogen-bond acceptors (Lipinski definition) is 4. The van der Waals surface area contributed by atoms with E-state index in [1.54, 1.807) is 18.4 Å². The third-order valence-electron chi connectivity index (χ3n) is 4.55. The molecule has 1 aliphatic rings. The largest absolute Gasteiger partial charge is 0.354 e. The van der Waals surface area contributed by atoms with Gasteiger partial charge in [-0.3, -0.25) is 9.89 Å². The van der Waals surface area contributed by atoms with Crippen LogP contribution in [0.3, 0.4) is 0 Å². The van der Waals surface area contributed by atoms with Gasteiger partial charge in [-0.25, -0.2) is 9.37 Å². The molecule has 0 radical (unpaired) electrons. The van der Waals surface area contributed by atoms with Crippen molar-refractivity contribution < 1.29 is 4.39 Å². The van der Waals surface area contributed by atoms with Crippen LogP contribution in [0, 0.1) is 12.7 Å². The smallest absolute Gasteiger partial charge is 0.191 e. The number of aliphatic imine (C=N–C) groups is 1. The van der Waals surface area contributed by atoms with E-state index >= 15 is 0 Å². The molecule has 3 rings (SSSR count). The zero-order valence-corrected chi connectivity index (χ0v) is 16.2. The molecule has 0 amide bonds. The number of rotatable bonds is 5. The van der Waals surface area contributed by atoms with Crippen LogP contribution in [0.4, 0.5) is 4.39 Å². The van der Waals surface area contributed by atoms with Crippen molar-refractivity contribution in [2.45, 2.75) is 38.9 Å². The van der Waals surface area contributed by atoms with Gasteiger partial charge in [-0.05, 0) is 37.5 Å². The van der Waals surface area contributed by atoms with Crippen molar-refractivity contribution in [2.24, 2.45) is 4.99 Å². The van der Waals surface area contributed by atoms with Gasteiger partial charge in [-0.2, -0.15) is 0 Å². The molecular weight excluding hydrogens is 349 g/mol. The number of piperidine rings is 1. The third-order valence-corrected chi connectivity index (χ3v) is 5.46. The maximum atomic E-state index is 13.0. The Morgan fingerprint density at radius 2 is 2.04 bits per heavy atom. The van der Waals surface area contributed by atoms with Crippen LogP contribution in [-0.2, 0) is 13.1 Å². The molecule has 26 heavy (non-hydrogen) atoms. The molecule has 0 spiro atoms. The van der Waals surface area contributed by atoms with E-state index < -0.39 is 0 Å². The number of thiazole rings is 1. The van der Waals surface area contributed by atoms with Gasteiger partial charge in [-0.1, -0.05) is 12.1 Å². The summed E-state index contributed by atoms with van der Waals surface area (Å²) in [5, 5.41) is 7.92. The predicted molar refractivity (Wildman–Crippen MR) is 105 cm³/mol. The number of aromatic nitrogens is 1. The lowest BCUT2D eigenvalue weighted by Crippen LogP contribution is -2.48. The van der Waals surface area contributed by atoms with Crippen LogP contribution in [0.15, 0.2) is 35.5 Å². The van der Waals surface area contributed by atoms with Crippen LogP contribution >= 0.6 is 11.3 Å². The summed E-state index contributed by atoms with van der Waals surface area (Å²) in [6.07, 6.45) is 4.03. The number of nitrogens with one attached hydrogen (secondary N) is 2. The summed E-state index contributed by atoms with van der Waals surface area (Å²) in [6, 6.07) is 7.22. The lowest BCUT2D eigenvalue weighted by atomic mass is 10.0. The van der Waals surface area contributed by atoms with E-state index in [0.29, 0.717) is 12.6 Å². The van der Waals surface area contributed by atoms with E-state index in [0.717, 1.165) is 49.0 Å². The Bertz CT molecular complexity index is 720. The topological polar surface area (TPSA) is 52.6 Å². The molecule has 5 nitrogen and oxygen atoms in total. The molecule has 0 bridgehead atoms. The average Bonchev–Trinajstić information content (AvgIpc) is 3.07. The van der Waals surface area contributed by atoms with Crippen molar-refractivity contribution >= 4 is 17.3 Å². The molecule has 1 aromatic heterocycles. The summed E-state index contributed by atoms with van der Waals surface area (Å²) in [5.74, 6) is 0.651. The molecule has 2 aromatic rings. The first-order valence-corrected chi connectivity index (χ1v) is 9.79. The van der Waals surface area contributed by atoms with Gasteiger partial charge >= 0.3 is 0 Å². The van der Waals surface area contributed by atoms with Crippen molar-refractivity contribution in [1.29, 1.82) is 0 Å². The summed E-state index contributed by atoms with van der Waals surface area (Å²) in [7, 11) is 1.80. The molecule has 0 unspecified atom stereocenters. The molecule has 0 aliphatic carbocycles. The zero-order valence-electron chi connectivity index (χ0n) is 15.3. The minimum atomic E-state index is -0.177. The first kappa shape index (κ1) is 18.8. The minimum absolute atomic E-state index is 0.177. The van der Waals surface area contributed by atoms with Gasteiger partial charge in [0, 0.05) is 43.8 Å². The Labute approximate surface area is 158 Å². The number of halogens is 1. The predicted octanol–water partition coefficient (Wildman–Crippen LogP) is 2.92. The normalized spacial score (nSPS) is 16.7. The van der Waals surface area contributed by atoms with Crippen LogP contribution in [0.25, 0.3) is 0 Å². The van der Waals surface area contributed by atoms with Gasteiger partial charge in [0.05, 0.1) is 6.54 Å². The Balaban J connectivity index is 1.41. The third kappa shape index (κ3) is 5.51. The molecular formula is C19H26FN5S. The van der Waals surface area contributed by atoms with Crippen LogP contribution in [-0.4, -0.2) is 42.0 Å². The van der Waals surface area contributed by atoms with Crippen molar-refractivity contribution in [3.63, 3.8) is 0 Å². The first-order chi connectivity index (χ1) is 12.6. The summed E-state index contributed by atoms with van der Waals surface area (Å²) in [6.45, 7) is 5.69. The Hall–Kier alpha value is -1.99. The Kier molecular flexibility index (Phi) is 6.57. The van der Waals surface area contributed by atoms with E-state index in [1.165, 1.54) is 17.0 Å². The molecule has 7 heteroatoms. The second-order valence-corrected chi connectivity index (χ2v) is 7.93. The molecule has 1 saturated heterocycles. The summed E-state index contributed by atoms with van der Waals surface area (Å²) in [5.41, 5.74) is 1.16. The lowest BCUT2D eigenvalue weighted by Gasteiger charge is -2.33. The fourth-order valence-electron chi connectivity index (χ4n) is 3.11. The van der Waals surface area contributed by atoms with Crippen LogP contribution < -0.4 is 10.6 Å². The van der Waals surface area contributed by atoms with Gasteiger partial charge in [0.25, 0.3) is 0 Å². The number of likely N-dealkylation sites (tertiary alicyclic amines) is 1. The van der Waals surface area contributed by atoms with Crippen LogP contribution in [0.5, 0.6) is 0 Å². The lowest BCUT2D eigenvalue weighted by molar-refractivity contribution is 0.198. The number of nitrogens with zero attached hydrogens (tertiary/aromatic N) is 3. The van der Waals surface area contributed by atoms with Crippen molar-refractivity contribution in [2.75, 3.05) is 20.1 Å². The second-order valence-electron chi connectivity index (χ2n) is 6.61. The quantitative estimate of drug-likeness (QED) is 0.623. The van der Waals surface area contributed by atoms with Gasteiger partial charge in [0.2, 0.25) is 0 Å². The highest BCUT2D eigenvalue weighted by atomic mass is 32.1. The zero-order chi connectivity index (χ0) is 18.4. The Morgan fingerprint density at radius 1 is 1.31 bits per heavy atom. The average molecular weight is 376 g/mol. The second kappa shape index (κ2) is 9.09. The molecule has 1 aromatic carbocycles. The summed E-state index contributed by atoms with van der Waals surface area (Å²) < 4.78 is 13.0. The first-order valence-electron chi connectivity index (χ1n) is 8.97. The molecule has 0 saturated carbocycles. The van der Waals surface area contributed by atoms with E-state index in [-0.39, 0.29) is 5.82 Å². The maximum Gasteiger partial charge on any atom is 0.191 e. The van der Waals surface area contributed by atoms with Gasteiger partial charge < -0.3 is 10.6 Å². The fourth-order valence-corrected chi connectivity index (χ4v) is 3.84.